The minimum atomic E-state index is 0.537. The standard InChI is InChI=1S/C24H24N2/c1-17(2)20-12-14-21(15-13-20)24-25-22-6-4-5-7-23(22)26(24)16-19-10-8-18(3)9-11-19/h4-15,17H,16H2,1-3H3. The maximum absolute atomic E-state index is 4.93. The van der Waals surface area contributed by atoms with Crippen molar-refractivity contribution in [3.8, 4) is 11.4 Å². The molecular formula is C24H24N2. The van der Waals surface area contributed by atoms with E-state index in [1.54, 1.807) is 0 Å². The van der Waals surface area contributed by atoms with Crippen LogP contribution in [-0.2, 0) is 6.54 Å². The van der Waals surface area contributed by atoms with Gasteiger partial charge in [0.25, 0.3) is 0 Å². The number of para-hydroxylation sites is 2. The van der Waals surface area contributed by atoms with Gasteiger partial charge in [-0.3, -0.25) is 0 Å². The van der Waals surface area contributed by atoms with Crippen LogP contribution in [0.15, 0.2) is 72.8 Å². The van der Waals surface area contributed by atoms with E-state index in [0.29, 0.717) is 5.92 Å². The van der Waals surface area contributed by atoms with Crippen molar-refractivity contribution in [2.24, 2.45) is 0 Å². The predicted molar refractivity (Wildman–Crippen MR) is 110 cm³/mol. The van der Waals surface area contributed by atoms with Gasteiger partial charge in [-0.05, 0) is 36.1 Å². The van der Waals surface area contributed by atoms with Crippen molar-refractivity contribution in [2.75, 3.05) is 0 Å². The van der Waals surface area contributed by atoms with Gasteiger partial charge in [-0.1, -0.05) is 80.1 Å². The first-order valence-electron chi connectivity index (χ1n) is 9.23. The Hall–Kier alpha value is -2.87. The Bertz CT molecular complexity index is 1020. The van der Waals surface area contributed by atoms with Gasteiger partial charge in [-0.15, -0.1) is 0 Å². The summed E-state index contributed by atoms with van der Waals surface area (Å²) in [6.45, 7) is 7.39. The molecule has 1 heterocycles. The summed E-state index contributed by atoms with van der Waals surface area (Å²) in [6.07, 6.45) is 0. The molecule has 2 heteroatoms. The summed E-state index contributed by atoms with van der Waals surface area (Å²) in [7, 11) is 0. The number of benzene rings is 3. The van der Waals surface area contributed by atoms with Crippen LogP contribution in [0.3, 0.4) is 0 Å². The summed E-state index contributed by atoms with van der Waals surface area (Å²) in [5, 5.41) is 0. The van der Waals surface area contributed by atoms with Crippen LogP contribution in [-0.4, -0.2) is 9.55 Å². The van der Waals surface area contributed by atoms with Crippen LogP contribution in [0.1, 0.15) is 36.5 Å². The average Bonchev–Trinajstić information content (AvgIpc) is 3.02. The molecule has 0 aliphatic rings. The molecule has 0 fully saturated rings. The van der Waals surface area contributed by atoms with Gasteiger partial charge in [0.05, 0.1) is 11.0 Å². The van der Waals surface area contributed by atoms with E-state index in [0.717, 1.165) is 23.4 Å². The molecule has 0 saturated carbocycles. The molecule has 2 nitrogen and oxygen atoms in total. The zero-order chi connectivity index (χ0) is 18.1. The predicted octanol–water partition coefficient (Wildman–Crippen LogP) is 6.18. The summed E-state index contributed by atoms with van der Waals surface area (Å²) in [5.74, 6) is 1.57. The van der Waals surface area contributed by atoms with Crippen LogP contribution in [0.4, 0.5) is 0 Å². The molecule has 0 amide bonds. The van der Waals surface area contributed by atoms with E-state index in [-0.39, 0.29) is 0 Å². The third kappa shape index (κ3) is 3.15. The number of rotatable bonds is 4. The largest absolute Gasteiger partial charge is 0.319 e. The van der Waals surface area contributed by atoms with Crippen LogP contribution < -0.4 is 0 Å². The lowest BCUT2D eigenvalue weighted by Gasteiger charge is -2.11. The van der Waals surface area contributed by atoms with E-state index in [1.807, 2.05) is 0 Å². The smallest absolute Gasteiger partial charge is 0.141 e. The fourth-order valence-electron chi connectivity index (χ4n) is 3.35. The third-order valence-electron chi connectivity index (χ3n) is 4.95. The summed E-state index contributed by atoms with van der Waals surface area (Å²) in [6, 6.07) is 26.0. The van der Waals surface area contributed by atoms with Crippen molar-refractivity contribution in [3.63, 3.8) is 0 Å². The second-order valence-corrected chi connectivity index (χ2v) is 7.27. The number of nitrogens with zero attached hydrogens (tertiary/aromatic N) is 2. The topological polar surface area (TPSA) is 17.8 Å². The molecular weight excluding hydrogens is 316 g/mol. The first kappa shape index (κ1) is 16.6. The fourth-order valence-corrected chi connectivity index (χ4v) is 3.35. The Morgan fingerprint density at radius 1 is 0.846 bits per heavy atom. The molecule has 0 bridgehead atoms. The average molecular weight is 340 g/mol. The Morgan fingerprint density at radius 2 is 1.54 bits per heavy atom. The van der Waals surface area contributed by atoms with Crippen molar-refractivity contribution < 1.29 is 0 Å². The van der Waals surface area contributed by atoms with E-state index < -0.39 is 0 Å². The summed E-state index contributed by atoms with van der Waals surface area (Å²) in [5.41, 5.74) is 7.32. The lowest BCUT2D eigenvalue weighted by Crippen LogP contribution is -2.02. The van der Waals surface area contributed by atoms with Crippen molar-refractivity contribution in [3.05, 3.63) is 89.5 Å². The number of fused-ring (bicyclic) bond motifs is 1. The van der Waals surface area contributed by atoms with Crippen LogP contribution in [0.2, 0.25) is 0 Å². The second kappa shape index (κ2) is 6.80. The number of imidazole rings is 1. The number of aryl methyl sites for hydroxylation is 1. The number of aromatic nitrogens is 2. The highest BCUT2D eigenvalue weighted by Gasteiger charge is 2.13. The highest BCUT2D eigenvalue weighted by atomic mass is 15.1. The van der Waals surface area contributed by atoms with Gasteiger partial charge in [-0.25, -0.2) is 4.98 Å². The molecule has 0 saturated heterocycles. The molecule has 1 aromatic heterocycles. The molecule has 0 aliphatic carbocycles. The van der Waals surface area contributed by atoms with E-state index in [4.69, 9.17) is 4.98 Å². The zero-order valence-electron chi connectivity index (χ0n) is 15.6. The Kier molecular flexibility index (Phi) is 4.34. The van der Waals surface area contributed by atoms with Crippen molar-refractivity contribution in [1.29, 1.82) is 0 Å². The molecule has 0 unspecified atom stereocenters. The van der Waals surface area contributed by atoms with E-state index >= 15 is 0 Å². The highest BCUT2D eigenvalue weighted by molar-refractivity contribution is 5.80. The number of hydrogen-bond acceptors (Lipinski definition) is 1. The zero-order valence-corrected chi connectivity index (χ0v) is 15.6. The van der Waals surface area contributed by atoms with Crippen molar-refractivity contribution >= 4 is 11.0 Å². The van der Waals surface area contributed by atoms with E-state index in [9.17, 15) is 0 Å². The molecule has 0 radical (unpaired) electrons. The molecule has 4 aromatic rings. The summed E-state index contributed by atoms with van der Waals surface area (Å²) < 4.78 is 2.32. The molecule has 0 N–H and O–H groups in total. The van der Waals surface area contributed by atoms with Gasteiger partial charge in [-0.2, -0.15) is 0 Å². The van der Waals surface area contributed by atoms with Crippen molar-refractivity contribution in [2.45, 2.75) is 33.2 Å². The summed E-state index contributed by atoms with van der Waals surface area (Å²) in [4.78, 5) is 4.93. The van der Waals surface area contributed by atoms with Gasteiger partial charge in [0, 0.05) is 12.1 Å². The minimum absolute atomic E-state index is 0.537. The Balaban J connectivity index is 1.82. The first-order chi connectivity index (χ1) is 12.6. The maximum Gasteiger partial charge on any atom is 0.141 e. The molecule has 26 heavy (non-hydrogen) atoms. The molecule has 4 rings (SSSR count). The lowest BCUT2D eigenvalue weighted by atomic mass is 10.0. The Morgan fingerprint density at radius 3 is 2.23 bits per heavy atom. The van der Waals surface area contributed by atoms with Gasteiger partial charge < -0.3 is 4.57 Å². The fraction of sp³-hybridized carbons (Fsp3) is 0.208. The van der Waals surface area contributed by atoms with Crippen LogP contribution in [0.25, 0.3) is 22.4 Å². The van der Waals surface area contributed by atoms with Gasteiger partial charge >= 0.3 is 0 Å². The SMILES string of the molecule is Cc1ccc(Cn2c(-c3ccc(C(C)C)cc3)nc3ccccc32)cc1. The molecule has 0 aliphatic heterocycles. The van der Waals surface area contributed by atoms with E-state index in [1.165, 1.54) is 22.2 Å². The normalized spacial score (nSPS) is 11.4. The molecule has 130 valence electrons. The van der Waals surface area contributed by atoms with Gasteiger partial charge in [0.1, 0.15) is 5.82 Å². The quantitative estimate of drug-likeness (QED) is 0.433. The van der Waals surface area contributed by atoms with Crippen molar-refractivity contribution in [1.82, 2.24) is 9.55 Å². The number of hydrogen-bond donors (Lipinski definition) is 0. The van der Waals surface area contributed by atoms with Gasteiger partial charge in [0.2, 0.25) is 0 Å². The van der Waals surface area contributed by atoms with Crippen LogP contribution in [0, 0.1) is 6.92 Å². The third-order valence-corrected chi connectivity index (χ3v) is 4.95. The van der Waals surface area contributed by atoms with E-state index in [2.05, 4.69) is 98.1 Å². The molecule has 0 spiro atoms. The monoisotopic (exact) mass is 340 g/mol. The van der Waals surface area contributed by atoms with Gasteiger partial charge in [0.15, 0.2) is 0 Å². The van der Waals surface area contributed by atoms with Crippen LogP contribution in [0.5, 0.6) is 0 Å². The molecule has 0 atom stereocenters. The minimum Gasteiger partial charge on any atom is -0.319 e. The Labute approximate surface area is 155 Å². The highest BCUT2D eigenvalue weighted by Crippen LogP contribution is 2.27. The first-order valence-corrected chi connectivity index (χ1v) is 9.23. The maximum atomic E-state index is 4.93. The second-order valence-electron chi connectivity index (χ2n) is 7.27. The lowest BCUT2D eigenvalue weighted by molar-refractivity contribution is 0.833. The van der Waals surface area contributed by atoms with Crippen LogP contribution >= 0.6 is 0 Å². The summed E-state index contributed by atoms with van der Waals surface area (Å²) >= 11 is 0. The molecule has 3 aromatic carbocycles.